The van der Waals surface area contributed by atoms with Gasteiger partial charge >= 0.3 is 0 Å². The Morgan fingerprint density at radius 3 is 2.33 bits per heavy atom. The highest BCUT2D eigenvalue weighted by Gasteiger charge is 2.14. The number of halogens is 3. The molecule has 7 heteroatoms. The SMILES string of the molecule is Cl.Cl.Cl.NC(=O)c1cc2c3c(cccc3c1)N=N2. The predicted octanol–water partition coefficient (Wildman–Crippen LogP) is 3.93. The summed E-state index contributed by atoms with van der Waals surface area (Å²) in [7, 11) is 0. The highest BCUT2D eigenvalue weighted by atomic mass is 35.5. The van der Waals surface area contributed by atoms with E-state index in [0.717, 1.165) is 22.1 Å². The van der Waals surface area contributed by atoms with Crippen molar-refractivity contribution in [2.75, 3.05) is 0 Å². The lowest BCUT2D eigenvalue weighted by molar-refractivity contribution is 0.100. The highest BCUT2D eigenvalue weighted by Crippen LogP contribution is 2.40. The molecule has 0 saturated carbocycles. The van der Waals surface area contributed by atoms with Crippen molar-refractivity contribution in [1.82, 2.24) is 0 Å². The first-order valence-corrected chi connectivity index (χ1v) is 4.54. The van der Waals surface area contributed by atoms with Crippen LogP contribution in [0.3, 0.4) is 0 Å². The fourth-order valence-electron chi connectivity index (χ4n) is 1.80. The van der Waals surface area contributed by atoms with Gasteiger partial charge in [-0.25, -0.2) is 0 Å². The zero-order valence-corrected chi connectivity index (χ0v) is 11.4. The van der Waals surface area contributed by atoms with Crippen molar-refractivity contribution in [1.29, 1.82) is 0 Å². The van der Waals surface area contributed by atoms with Crippen LogP contribution in [0.1, 0.15) is 10.4 Å². The monoisotopic (exact) mass is 305 g/mol. The van der Waals surface area contributed by atoms with Crippen LogP contribution in [-0.4, -0.2) is 5.91 Å². The third kappa shape index (κ3) is 2.41. The molecule has 0 radical (unpaired) electrons. The van der Waals surface area contributed by atoms with Gasteiger partial charge in [0.15, 0.2) is 0 Å². The third-order valence-electron chi connectivity index (χ3n) is 2.48. The van der Waals surface area contributed by atoms with E-state index in [1.807, 2.05) is 18.2 Å². The minimum absolute atomic E-state index is 0. The Hall–Kier alpha value is -1.36. The Morgan fingerprint density at radius 1 is 1.00 bits per heavy atom. The van der Waals surface area contributed by atoms with Crippen molar-refractivity contribution in [3.05, 3.63) is 35.9 Å². The lowest BCUT2D eigenvalue weighted by Crippen LogP contribution is -2.10. The molecule has 0 fully saturated rings. The lowest BCUT2D eigenvalue weighted by Gasteiger charge is -2.01. The van der Waals surface area contributed by atoms with Crippen LogP contribution in [0.15, 0.2) is 40.6 Å². The van der Waals surface area contributed by atoms with Gasteiger partial charge in [0.2, 0.25) is 5.91 Å². The van der Waals surface area contributed by atoms with E-state index in [1.165, 1.54) is 0 Å². The minimum Gasteiger partial charge on any atom is -0.366 e. The molecule has 18 heavy (non-hydrogen) atoms. The topological polar surface area (TPSA) is 67.8 Å². The summed E-state index contributed by atoms with van der Waals surface area (Å²) < 4.78 is 0. The van der Waals surface area contributed by atoms with Crippen molar-refractivity contribution in [3.8, 4) is 0 Å². The summed E-state index contributed by atoms with van der Waals surface area (Å²) in [5.74, 6) is -0.444. The lowest BCUT2D eigenvalue weighted by atomic mass is 10.0. The molecule has 1 amide bonds. The smallest absolute Gasteiger partial charge is 0.248 e. The first kappa shape index (κ1) is 16.6. The average molecular weight is 307 g/mol. The van der Waals surface area contributed by atoms with E-state index in [9.17, 15) is 4.79 Å². The molecule has 2 aromatic rings. The van der Waals surface area contributed by atoms with Crippen LogP contribution in [0.25, 0.3) is 10.8 Å². The fraction of sp³-hybridized carbons (Fsp3) is 0. The fourth-order valence-corrected chi connectivity index (χ4v) is 1.80. The third-order valence-corrected chi connectivity index (χ3v) is 2.48. The molecule has 1 heterocycles. The number of rotatable bonds is 1. The predicted molar refractivity (Wildman–Crippen MR) is 78.4 cm³/mol. The number of nitrogens with zero attached hydrogens (tertiary/aromatic N) is 2. The van der Waals surface area contributed by atoms with Crippen molar-refractivity contribution in [2.24, 2.45) is 16.0 Å². The standard InChI is InChI=1S/C11H7N3O.3ClH/c12-11(15)7-4-6-2-1-3-8-10(6)9(5-7)14-13-8;;;/h1-5H,(H2,12,15);3*1H. The molecule has 3 rings (SSSR count). The van der Waals surface area contributed by atoms with E-state index in [-0.39, 0.29) is 37.2 Å². The molecule has 0 aliphatic carbocycles. The van der Waals surface area contributed by atoms with E-state index >= 15 is 0 Å². The van der Waals surface area contributed by atoms with E-state index < -0.39 is 5.91 Å². The van der Waals surface area contributed by atoms with Crippen LogP contribution in [0.2, 0.25) is 0 Å². The Labute approximate surface area is 122 Å². The van der Waals surface area contributed by atoms with Gasteiger partial charge in [-0.1, -0.05) is 12.1 Å². The number of nitrogens with two attached hydrogens (primary N) is 1. The highest BCUT2D eigenvalue weighted by molar-refractivity contribution is 6.07. The van der Waals surface area contributed by atoms with Crippen molar-refractivity contribution in [3.63, 3.8) is 0 Å². The summed E-state index contributed by atoms with van der Waals surface area (Å²) in [6, 6.07) is 9.14. The Balaban J connectivity index is 0.000000963. The summed E-state index contributed by atoms with van der Waals surface area (Å²) in [4.78, 5) is 11.1. The second-order valence-corrected chi connectivity index (χ2v) is 3.43. The van der Waals surface area contributed by atoms with Gasteiger partial charge in [-0.2, -0.15) is 0 Å². The van der Waals surface area contributed by atoms with Crippen molar-refractivity contribution in [2.45, 2.75) is 0 Å². The molecule has 96 valence electrons. The molecule has 1 aliphatic heterocycles. The summed E-state index contributed by atoms with van der Waals surface area (Å²) >= 11 is 0. The molecule has 4 nitrogen and oxygen atoms in total. The molecule has 0 aromatic heterocycles. The van der Waals surface area contributed by atoms with Crippen molar-refractivity contribution < 1.29 is 4.79 Å². The van der Waals surface area contributed by atoms with Gasteiger partial charge in [0.25, 0.3) is 0 Å². The molecular formula is C11H10Cl3N3O. The van der Waals surface area contributed by atoms with Gasteiger partial charge in [-0.3, -0.25) is 4.79 Å². The second-order valence-electron chi connectivity index (χ2n) is 3.43. The maximum Gasteiger partial charge on any atom is 0.248 e. The van der Waals surface area contributed by atoms with E-state index in [4.69, 9.17) is 5.73 Å². The van der Waals surface area contributed by atoms with E-state index in [0.29, 0.717) is 5.56 Å². The van der Waals surface area contributed by atoms with Crippen LogP contribution in [0.5, 0.6) is 0 Å². The molecule has 0 bridgehead atoms. The summed E-state index contributed by atoms with van der Waals surface area (Å²) in [6.45, 7) is 0. The maximum absolute atomic E-state index is 11.1. The quantitative estimate of drug-likeness (QED) is 0.727. The number of benzene rings is 2. The summed E-state index contributed by atoms with van der Waals surface area (Å²) in [5.41, 5.74) is 7.27. The normalized spacial score (nSPS) is 10.2. The molecule has 0 spiro atoms. The van der Waals surface area contributed by atoms with Gasteiger partial charge in [0.1, 0.15) is 0 Å². The summed E-state index contributed by atoms with van der Waals surface area (Å²) in [6.07, 6.45) is 0. The Kier molecular flexibility index (Phi) is 5.55. The zero-order chi connectivity index (χ0) is 10.4. The molecular weight excluding hydrogens is 296 g/mol. The first-order chi connectivity index (χ1) is 7.25. The van der Waals surface area contributed by atoms with Gasteiger partial charge in [-0.15, -0.1) is 47.4 Å². The van der Waals surface area contributed by atoms with E-state index in [2.05, 4.69) is 10.2 Å². The number of hydrogen-bond acceptors (Lipinski definition) is 3. The first-order valence-electron chi connectivity index (χ1n) is 4.54. The van der Waals surface area contributed by atoms with Crippen LogP contribution in [0.4, 0.5) is 11.4 Å². The maximum atomic E-state index is 11.1. The number of amides is 1. The number of carbonyl (C=O) groups excluding carboxylic acids is 1. The average Bonchev–Trinajstić information content (AvgIpc) is 2.64. The minimum atomic E-state index is -0.444. The number of primary amides is 1. The zero-order valence-electron chi connectivity index (χ0n) is 8.99. The number of azo groups is 1. The number of carbonyl (C=O) groups is 1. The van der Waals surface area contributed by atoms with Crippen LogP contribution in [0, 0.1) is 0 Å². The number of hydrogen-bond donors (Lipinski definition) is 1. The van der Waals surface area contributed by atoms with Crippen LogP contribution >= 0.6 is 37.2 Å². The Morgan fingerprint density at radius 2 is 1.67 bits per heavy atom. The van der Waals surface area contributed by atoms with E-state index in [1.54, 1.807) is 12.1 Å². The van der Waals surface area contributed by atoms with Crippen LogP contribution in [-0.2, 0) is 0 Å². The molecule has 0 unspecified atom stereocenters. The summed E-state index contributed by atoms with van der Waals surface area (Å²) in [5, 5.41) is 9.96. The van der Waals surface area contributed by atoms with Crippen molar-refractivity contribution >= 4 is 65.3 Å². The van der Waals surface area contributed by atoms with Gasteiger partial charge < -0.3 is 5.73 Å². The molecule has 0 saturated heterocycles. The van der Waals surface area contributed by atoms with Gasteiger partial charge in [0, 0.05) is 10.9 Å². The molecule has 2 N–H and O–H groups in total. The van der Waals surface area contributed by atoms with Gasteiger partial charge in [0.05, 0.1) is 11.4 Å². The largest absolute Gasteiger partial charge is 0.366 e. The van der Waals surface area contributed by atoms with Crippen LogP contribution < -0.4 is 5.73 Å². The second kappa shape index (κ2) is 6.00. The molecule has 1 aliphatic rings. The van der Waals surface area contributed by atoms with Gasteiger partial charge in [-0.05, 0) is 23.6 Å². The molecule has 0 atom stereocenters. The Bertz CT molecular complexity index is 628. The molecule has 2 aromatic carbocycles.